The number of benzene rings is 1. The summed E-state index contributed by atoms with van der Waals surface area (Å²) in [6.07, 6.45) is 2.03. The first-order valence-electron chi connectivity index (χ1n) is 6.36. The third kappa shape index (κ3) is 3.54. The second-order valence-electron chi connectivity index (χ2n) is 4.28. The van der Waals surface area contributed by atoms with Gasteiger partial charge in [0.2, 0.25) is 0 Å². The van der Waals surface area contributed by atoms with Crippen molar-refractivity contribution in [1.82, 2.24) is 10.3 Å². The first kappa shape index (κ1) is 14.0. The van der Waals surface area contributed by atoms with Crippen LogP contribution in [0.1, 0.15) is 15.9 Å². The van der Waals surface area contributed by atoms with E-state index < -0.39 is 0 Å². The van der Waals surface area contributed by atoms with Gasteiger partial charge < -0.3 is 10.6 Å². The number of amides is 1. The van der Waals surface area contributed by atoms with Crippen LogP contribution in [0.3, 0.4) is 0 Å². The quantitative estimate of drug-likeness (QED) is 0.878. The van der Waals surface area contributed by atoms with Gasteiger partial charge in [0, 0.05) is 25.4 Å². The van der Waals surface area contributed by atoms with Crippen LogP contribution in [0.5, 0.6) is 0 Å². The molecule has 104 valence electrons. The Bertz CT molecular complexity index is 601. The van der Waals surface area contributed by atoms with Gasteiger partial charge in [0.15, 0.2) is 0 Å². The van der Waals surface area contributed by atoms with Gasteiger partial charge in [-0.05, 0) is 30.2 Å². The van der Waals surface area contributed by atoms with E-state index in [9.17, 15) is 9.18 Å². The highest BCUT2D eigenvalue weighted by Gasteiger charge is 2.07. The Morgan fingerprint density at radius 3 is 2.85 bits per heavy atom. The van der Waals surface area contributed by atoms with Crippen molar-refractivity contribution in [1.29, 1.82) is 0 Å². The summed E-state index contributed by atoms with van der Waals surface area (Å²) < 4.78 is 13.4. The number of carbonyl (C=O) groups excluding carboxylic acids is 1. The molecule has 1 aromatic carbocycles. The second-order valence-corrected chi connectivity index (χ2v) is 4.28. The Kier molecular flexibility index (Phi) is 4.65. The Hall–Kier alpha value is -2.43. The number of hydrogen-bond acceptors (Lipinski definition) is 3. The molecule has 0 aliphatic carbocycles. The van der Waals surface area contributed by atoms with E-state index in [0.717, 1.165) is 0 Å². The maximum atomic E-state index is 13.4. The molecule has 4 nitrogen and oxygen atoms in total. The molecule has 1 aromatic heterocycles. The lowest BCUT2D eigenvalue weighted by molar-refractivity contribution is 0.0954. The molecule has 0 spiro atoms. The molecular formula is C15H16FN3O. The van der Waals surface area contributed by atoms with Gasteiger partial charge in [0.1, 0.15) is 11.6 Å². The van der Waals surface area contributed by atoms with Gasteiger partial charge in [-0.3, -0.25) is 4.79 Å². The fourth-order valence-corrected chi connectivity index (χ4v) is 1.82. The Morgan fingerprint density at radius 2 is 2.10 bits per heavy atom. The number of pyridine rings is 1. The van der Waals surface area contributed by atoms with Crippen molar-refractivity contribution in [3.8, 4) is 0 Å². The molecule has 0 atom stereocenters. The van der Waals surface area contributed by atoms with Gasteiger partial charge in [-0.2, -0.15) is 0 Å². The number of halogens is 1. The maximum absolute atomic E-state index is 13.4. The molecule has 0 unspecified atom stereocenters. The fraction of sp³-hybridized carbons (Fsp3) is 0.200. The average molecular weight is 273 g/mol. The average Bonchev–Trinajstić information content (AvgIpc) is 2.49. The van der Waals surface area contributed by atoms with E-state index in [1.807, 2.05) is 0 Å². The number of hydrogen-bond donors (Lipinski definition) is 2. The highest BCUT2D eigenvalue weighted by molar-refractivity contribution is 5.94. The van der Waals surface area contributed by atoms with Crippen LogP contribution in [0, 0.1) is 5.82 Å². The van der Waals surface area contributed by atoms with Crippen LogP contribution in [0.25, 0.3) is 0 Å². The summed E-state index contributed by atoms with van der Waals surface area (Å²) in [7, 11) is 1.74. The lowest BCUT2D eigenvalue weighted by atomic mass is 10.1. The number of nitrogens with one attached hydrogen (secondary N) is 2. The molecule has 0 saturated carbocycles. The molecular weight excluding hydrogens is 257 g/mol. The van der Waals surface area contributed by atoms with Crippen LogP contribution >= 0.6 is 0 Å². The summed E-state index contributed by atoms with van der Waals surface area (Å²) in [5.41, 5.74) is 1.12. The topological polar surface area (TPSA) is 54.0 Å². The molecule has 0 bridgehead atoms. The van der Waals surface area contributed by atoms with Crippen molar-refractivity contribution in [2.45, 2.75) is 6.42 Å². The zero-order valence-electron chi connectivity index (χ0n) is 11.2. The van der Waals surface area contributed by atoms with E-state index in [4.69, 9.17) is 0 Å². The van der Waals surface area contributed by atoms with Crippen LogP contribution in [-0.4, -0.2) is 24.5 Å². The molecule has 1 heterocycles. The Morgan fingerprint density at radius 1 is 1.30 bits per heavy atom. The highest BCUT2D eigenvalue weighted by Crippen LogP contribution is 2.07. The van der Waals surface area contributed by atoms with Crippen molar-refractivity contribution in [2.24, 2.45) is 0 Å². The minimum absolute atomic E-state index is 0.194. The predicted octanol–water partition coefficient (Wildman–Crippen LogP) is 2.23. The highest BCUT2D eigenvalue weighted by atomic mass is 19.1. The molecule has 0 radical (unpaired) electrons. The van der Waals surface area contributed by atoms with E-state index in [2.05, 4.69) is 15.6 Å². The molecule has 1 amide bonds. The van der Waals surface area contributed by atoms with Crippen molar-refractivity contribution < 1.29 is 9.18 Å². The van der Waals surface area contributed by atoms with Gasteiger partial charge in [-0.1, -0.05) is 18.2 Å². The summed E-state index contributed by atoms with van der Waals surface area (Å²) in [6, 6.07) is 9.86. The molecule has 0 aliphatic heterocycles. The predicted molar refractivity (Wildman–Crippen MR) is 76.2 cm³/mol. The van der Waals surface area contributed by atoms with E-state index in [1.54, 1.807) is 43.6 Å². The number of nitrogens with zero attached hydrogens (tertiary/aromatic N) is 1. The number of anilines is 1. The molecule has 20 heavy (non-hydrogen) atoms. The number of rotatable bonds is 5. The van der Waals surface area contributed by atoms with Crippen molar-refractivity contribution >= 4 is 11.7 Å². The molecule has 2 aromatic rings. The maximum Gasteiger partial charge on any atom is 0.251 e. The van der Waals surface area contributed by atoms with Gasteiger partial charge in [0.05, 0.1) is 0 Å². The summed E-state index contributed by atoms with van der Waals surface area (Å²) in [6.45, 7) is 0.386. The number of carbonyl (C=O) groups is 1. The standard InChI is InChI=1S/C15H16FN3O/c1-17-14-10-12(7-8-18-14)15(20)19-9-6-11-4-2-3-5-13(11)16/h2-5,7-8,10H,6,9H2,1H3,(H,17,18)(H,19,20). The molecule has 5 heteroatoms. The first-order chi connectivity index (χ1) is 9.70. The zero-order chi connectivity index (χ0) is 14.4. The molecule has 0 aliphatic rings. The largest absolute Gasteiger partial charge is 0.373 e. The molecule has 2 N–H and O–H groups in total. The third-order valence-electron chi connectivity index (χ3n) is 2.92. The van der Waals surface area contributed by atoms with Gasteiger partial charge >= 0.3 is 0 Å². The normalized spacial score (nSPS) is 10.1. The minimum atomic E-state index is -0.247. The fourth-order valence-electron chi connectivity index (χ4n) is 1.82. The Balaban J connectivity index is 1.91. The molecule has 0 fully saturated rings. The smallest absolute Gasteiger partial charge is 0.251 e. The van der Waals surface area contributed by atoms with Crippen LogP contribution in [-0.2, 0) is 6.42 Å². The van der Waals surface area contributed by atoms with E-state index in [0.29, 0.717) is 29.9 Å². The lowest BCUT2D eigenvalue weighted by Gasteiger charge is -2.07. The van der Waals surface area contributed by atoms with Crippen LogP contribution in [0.15, 0.2) is 42.6 Å². The van der Waals surface area contributed by atoms with Gasteiger partial charge in [-0.15, -0.1) is 0 Å². The van der Waals surface area contributed by atoms with Gasteiger partial charge in [-0.25, -0.2) is 9.37 Å². The summed E-state index contributed by atoms with van der Waals surface area (Å²) >= 11 is 0. The van der Waals surface area contributed by atoms with Crippen LogP contribution < -0.4 is 10.6 Å². The van der Waals surface area contributed by atoms with Crippen molar-refractivity contribution in [3.63, 3.8) is 0 Å². The van der Waals surface area contributed by atoms with Crippen LogP contribution in [0.2, 0.25) is 0 Å². The summed E-state index contributed by atoms with van der Waals surface area (Å²) in [4.78, 5) is 16.0. The number of aromatic nitrogens is 1. The van der Waals surface area contributed by atoms with E-state index in [1.165, 1.54) is 6.07 Å². The van der Waals surface area contributed by atoms with Crippen molar-refractivity contribution in [3.05, 3.63) is 59.5 Å². The third-order valence-corrected chi connectivity index (χ3v) is 2.92. The first-order valence-corrected chi connectivity index (χ1v) is 6.36. The van der Waals surface area contributed by atoms with Gasteiger partial charge in [0.25, 0.3) is 5.91 Å². The second kappa shape index (κ2) is 6.65. The summed E-state index contributed by atoms with van der Waals surface area (Å²) in [5.74, 6) is 0.190. The molecule has 2 rings (SSSR count). The van der Waals surface area contributed by atoms with E-state index >= 15 is 0 Å². The summed E-state index contributed by atoms with van der Waals surface area (Å²) in [5, 5.41) is 5.64. The van der Waals surface area contributed by atoms with E-state index in [-0.39, 0.29) is 11.7 Å². The zero-order valence-corrected chi connectivity index (χ0v) is 11.2. The van der Waals surface area contributed by atoms with Crippen LogP contribution in [0.4, 0.5) is 10.2 Å². The lowest BCUT2D eigenvalue weighted by Crippen LogP contribution is -2.26. The Labute approximate surface area is 117 Å². The minimum Gasteiger partial charge on any atom is -0.373 e. The SMILES string of the molecule is CNc1cc(C(=O)NCCc2ccccc2F)ccn1. The monoisotopic (exact) mass is 273 g/mol. The molecule has 0 saturated heterocycles. The van der Waals surface area contributed by atoms with Crippen molar-refractivity contribution in [2.75, 3.05) is 18.9 Å².